The molecule has 5 nitrogen and oxygen atoms in total. The summed E-state index contributed by atoms with van der Waals surface area (Å²) in [4.78, 5) is 29.2. The van der Waals surface area contributed by atoms with Crippen LogP contribution in [-0.2, 0) is 0 Å². The fraction of sp³-hybridized carbons (Fsp3) is 0.217. The molecule has 1 fully saturated rings. The van der Waals surface area contributed by atoms with Crippen molar-refractivity contribution in [1.82, 2.24) is 9.80 Å². The van der Waals surface area contributed by atoms with E-state index in [4.69, 9.17) is 11.6 Å². The first-order chi connectivity index (χ1) is 14.1. The van der Waals surface area contributed by atoms with E-state index in [2.05, 4.69) is 5.32 Å². The number of anilines is 1. The van der Waals surface area contributed by atoms with Crippen molar-refractivity contribution in [1.29, 1.82) is 0 Å². The van der Waals surface area contributed by atoms with Crippen LogP contribution in [0.25, 0.3) is 10.8 Å². The zero-order valence-electron chi connectivity index (χ0n) is 16.0. The smallest absolute Gasteiger partial charge is 0.321 e. The van der Waals surface area contributed by atoms with Gasteiger partial charge in [0.1, 0.15) is 0 Å². The molecule has 0 atom stereocenters. The van der Waals surface area contributed by atoms with Gasteiger partial charge in [-0.3, -0.25) is 4.79 Å². The van der Waals surface area contributed by atoms with Gasteiger partial charge in [0.15, 0.2) is 0 Å². The molecule has 0 aromatic heterocycles. The van der Waals surface area contributed by atoms with Crippen LogP contribution < -0.4 is 5.32 Å². The van der Waals surface area contributed by atoms with Crippen LogP contribution in [0.15, 0.2) is 66.7 Å². The molecule has 6 heteroatoms. The number of carbonyl (C=O) groups excluding carboxylic acids is 2. The Morgan fingerprint density at radius 3 is 2.31 bits per heavy atom. The lowest BCUT2D eigenvalue weighted by Gasteiger charge is -2.23. The number of hydrogen-bond acceptors (Lipinski definition) is 2. The number of halogens is 1. The molecule has 3 amide bonds. The molecule has 1 N–H and O–H groups in total. The molecule has 1 saturated heterocycles. The lowest BCUT2D eigenvalue weighted by molar-refractivity contribution is 0.0762. The Balaban J connectivity index is 1.42. The summed E-state index contributed by atoms with van der Waals surface area (Å²) in [6, 6.07) is 20.6. The van der Waals surface area contributed by atoms with E-state index in [1.54, 1.807) is 34.1 Å². The highest BCUT2D eigenvalue weighted by molar-refractivity contribution is 6.30. The highest BCUT2D eigenvalue weighted by Crippen LogP contribution is 2.23. The number of fused-ring (bicyclic) bond motifs is 1. The van der Waals surface area contributed by atoms with E-state index in [1.807, 2.05) is 42.5 Å². The molecule has 0 spiro atoms. The molecular formula is C23H22ClN3O2. The van der Waals surface area contributed by atoms with Crippen molar-refractivity contribution in [3.05, 3.63) is 77.3 Å². The SMILES string of the molecule is O=C(Nc1cccc2ccccc12)N1CCCN(C(=O)c2ccc(Cl)cc2)CC1. The van der Waals surface area contributed by atoms with Gasteiger partial charge in [0.05, 0.1) is 5.69 Å². The molecule has 0 radical (unpaired) electrons. The van der Waals surface area contributed by atoms with Gasteiger partial charge >= 0.3 is 6.03 Å². The molecule has 1 aliphatic heterocycles. The van der Waals surface area contributed by atoms with Gasteiger partial charge in [-0.15, -0.1) is 0 Å². The lowest BCUT2D eigenvalue weighted by Crippen LogP contribution is -2.39. The number of amides is 3. The van der Waals surface area contributed by atoms with E-state index in [1.165, 1.54) is 0 Å². The second-order valence-corrected chi connectivity index (χ2v) is 7.53. The quantitative estimate of drug-likeness (QED) is 0.658. The second kappa shape index (κ2) is 8.53. The first-order valence-corrected chi connectivity index (χ1v) is 10.1. The van der Waals surface area contributed by atoms with E-state index in [-0.39, 0.29) is 11.9 Å². The molecule has 0 unspecified atom stereocenters. The van der Waals surface area contributed by atoms with Gasteiger partial charge in [-0.1, -0.05) is 48.0 Å². The third kappa shape index (κ3) is 4.35. The van der Waals surface area contributed by atoms with Crippen LogP contribution in [0.3, 0.4) is 0 Å². The number of urea groups is 1. The van der Waals surface area contributed by atoms with Crippen LogP contribution in [0, 0.1) is 0 Å². The zero-order chi connectivity index (χ0) is 20.2. The normalized spacial score (nSPS) is 14.5. The summed E-state index contributed by atoms with van der Waals surface area (Å²) < 4.78 is 0. The van der Waals surface area contributed by atoms with Crippen LogP contribution in [-0.4, -0.2) is 47.9 Å². The Labute approximate surface area is 174 Å². The van der Waals surface area contributed by atoms with Crippen LogP contribution in [0.2, 0.25) is 5.02 Å². The molecule has 3 aromatic carbocycles. The van der Waals surface area contributed by atoms with E-state index in [9.17, 15) is 9.59 Å². The van der Waals surface area contributed by atoms with Crippen molar-refractivity contribution in [2.24, 2.45) is 0 Å². The van der Waals surface area contributed by atoms with E-state index in [0.29, 0.717) is 36.8 Å². The van der Waals surface area contributed by atoms with Gasteiger partial charge in [0.25, 0.3) is 5.91 Å². The fourth-order valence-corrected chi connectivity index (χ4v) is 3.75. The van der Waals surface area contributed by atoms with Crippen molar-refractivity contribution in [2.75, 3.05) is 31.5 Å². The van der Waals surface area contributed by atoms with Crippen molar-refractivity contribution >= 4 is 40.0 Å². The fourth-order valence-electron chi connectivity index (χ4n) is 3.63. The average molecular weight is 408 g/mol. The average Bonchev–Trinajstić information content (AvgIpc) is 3.00. The molecular weight excluding hydrogens is 386 g/mol. The molecule has 3 aromatic rings. The minimum absolute atomic E-state index is 0.0296. The number of benzene rings is 3. The molecule has 148 valence electrons. The molecule has 1 aliphatic rings. The van der Waals surface area contributed by atoms with Gasteiger partial charge < -0.3 is 15.1 Å². The molecule has 0 aliphatic carbocycles. The summed E-state index contributed by atoms with van der Waals surface area (Å²) in [6.07, 6.45) is 0.738. The van der Waals surface area contributed by atoms with E-state index in [0.717, 1.165) is 22.9 Å². The van der Waals surface area contributed by atoms with E-state index < -0.39 is 0 Å². The monoisotopic (exact) mass is 407 g/mol. The highest BCUT2D eigenvalue weighted by atomic mass is 35.5. The number of hydrogen-bond donors (Lipinski definition) is 1. The highest BCUT2D eigenvalue weighted by Gasteiger charge is 2.23. The number of nitrogens with zero attached hydrogens (tertiary/aromatic N) is 2. The summed E-state index contributed by atoms with van der Waals surface area (Å²) >= 11 is 5.91. The summed E-state index contributed by atoms with van der Waals surface area (Å²) in [5.41, 5.74) is 1.41. The molecule has 0 bridgehead atoms. The Kier molecular flexibility index (Phi) is 5.67. The van der Waals surface area contributed by atoms with Crippen molar-refractivity contribution in [2.45, 2.75) is 6.42 Å². The predicted molar refractivity (Wildman–Crippen MR) is 117 cm³/mol. The van der Waals surface area contributed by atoms with Gasteiger partial charge in [0.2, 0.25) is 0 Å². The molecule has 4 rings (SSSR count). The summed E-state index contributed by atoms with van der Waals surface area (Å²) in [6.45, 7) is 2.24. The van der Waals surface area contributed by atoms with Crippen LogP contribution in [0.1, 0.15) is 16.8 Å². The van der Waals surface area contributed by atoms with Crippen molar-refractivity contribution in [3.63, 3.8) is 0 Å². The van der Waals surface area contributed by atoms with E-state index >= 15 is 0 Å². The van der Waals surface area contributed by atoms with Gasteiger partial charge in [-0.2, -0.15) is 0 Å². The third-order valence-corrected chi connectivity index (χ3v) is 5.44. The van der Waals surface area contributed by atoms with Gasteiger partial charge in [-0.05, 0) is 42.1 Å². The number of rotatable bonds is 2. The standard InChI is InChI=1S/C23H22ClN3O2/c24-19-11-9-18(10-12-19)22(28)26-13-4-14-27(16-15-26)23(29)25-21-8-3-6-17-5-1-2-7-20(17)21/h1-3,5-12H,4,13-16H2,(H,25,29). The number of carbonyl (C=O) groups is 2. The Morgan fingerprint density at radius 2 is 1.48 bits per heavy atom. The maximum absolute atomic E-state index is 12.8. The predicted octanol–water partition coefficient (Wildman–Crippen LogP) is 4.87. The first kappa shape index (κ1) is 19.3. The maximum atomic E-state index is 12.8. The summed E-state index contributed by atoms with van der Waals surface area (Å²) in [7, 11) is 0. The van der Waals surface area contributed by atoms with Crippen LogP contribution >= 0.6 is 11.6 Å². The molecule has 29 heavy (non-hydrogen) atoms. The Morgan fingerprint density at radius 1 is 0.793 bits per heavy atom. The van der Waals surface area contributed by atoms with Crippen LogP contribution in [0.5, 0.6) is 0 Å². The Hall–Kier alpha value is -3.05. The maximum Gasteiger partial charge on any atom is 0.321 e. The molecule has 0 saturated carbocycles. The van der Waals surface area contributed by atoms with Crippen LogP contribution in [0.4, 0.5) is 10.5 Å². The first-order valence-electron chi connectivity index (χ1n) is 9.70. The van der Waals surface area contributed by atoms with Crippen molar-refractivity contribution < 1.29 is 9.59 Å². The summed E-state index contributed by atoms with van der Waals surface area (Å²) in [5.74, 6) is -0.0296. The van der Waals surface area contributed by atoms with Crippen molar-refractivity contribution in [3.8, 4) is 0 Å². The Bertz CT molecular complexity index is 1030. The molecule has 1 heterocycles. The number of nitrogens with one attached hydrogen (secondary N) is 1. The minimum Gasteiger partial charge on any atom is -0.337 e. The lowest BCUT2D eigenvalue weighted by atomic mass is 10.1. The van der Waals surface area contributed by atoms with Gasteiger partial charge in [-0.25, -0.2) is 4.79 Å². The van der Waals surface area contributed by atoms with Gasteiger partial charge in [0, 0.05) is 42.2 Å². The third-order valence-electron chi connectivity index (χ3n) is 5.19. The minimum atomic E-state index is -0.137. The summed E-state index contributed by atoms with van der Waals surface area (Å²) in [5, 5.41) is 5.73. The largest absolute Gasteiger partial charge is 0.337 e. The topological polar surface area (TPSA) is 52.7 Å². The second-order valence-electron chi connectivity index (χ2n) is 7.10. The zero-order valence-corrected chi connectivity index (χ0v) is 16.7.